The van der Waals surface area contributed by atoms with Gasteiger partial charge in [0.05, 0.1) is 0 Å². The van der Waals surface area contributed by atoms with E-state index in [2.05, 4.69) is 32.8 Å². The number of carbonyl (C=O) groups excluding carboxylic acids is 1. The molecule has 1 atom stereocenters. The van der Waals surface area contributed by atoms with Gasteiger partial charge >= 0.3 is 6.09 Å². The first-order valence-corrected chi connectivity index (χ1v) is 11.0. The Labute approximate surface area is 181 Å². The third-order valence-electron chi connectivity index (χ3n) is 5.14. The average Bonchev–Trinajstić information content (AvgIpc) is 2.70. The third kappa shape index (κ3) is 9.03. The maximum Gasteiger partial charge on any atom is 0.412 e. The maximum absolute atomic E-state index is 11.8. The van der Waals surface area contributed by atoms with Gasteiger partial charge < -0.3 is 20.3 Å². The van der Waals surface area contributed by atoms with Crippen LogP contribution < -0.4 is 16.0 Å². The van der Waals surface area contributed by atoms with Gasteiger partial charge in [0.25, 0.3) is 0 Å². The van der Waals surface area contributed by atoms with Crippen LogP contribution in [-0.2, 0) is 11.2 Å². The first-order chi connectivity index (χ1) is 14.3. The second-order valence-electron chi connectivity index (χ2n) is 8.86. The van der Waals surface area contributed by atoms with Crippen LogP contribution in [0.5, 0.6) is 0 Å². The molecular weight excluding hydrogens is 378 g/mol. The van der Waals surface area contributed by atoms with Crippen LogP contribution in [0.25, 0.3) is 0 Å². The van der Waals surface area contributed by atoms with E-state index in [1.165, 1.54) is 31.5 Å². The normalized spacial score (nSPS) is 18.0. The van der Waals surface area contributed by atoms with Crippen LogP contribution in [-0.4, -0.2) is 62.3 Å². The van der Waals surface area contributed by atoms with E-state index in [0.717, 1.165) is 37.7 Å². The zero-order valence-corrected chi connectivity index (χ0v) is 19.3. The fourth-order valence-corrected chi connectivity index (χ4v) is 3.57. The van der Waals surface area contributed by atoms with Crippen molar-refractivity contribution in [1.29, 1.82) is 0 Å². The van der Waals surface area contributed by atoms with Crippen molar-refractivity contribution in [2.24, 2.45) is 10.9 Å². The lowest BCUT2D eigenvalue weighted by molar-refractivity contribution is 0.0636. The van der Waals surface area contributed by atoms with Gasteiger partial charge in [-0.2, -0.15) is 0 Å². The van der Waals surface area contributed by atoms with Gasteiger partial charge in [0.2, 0.25) is 0 Å². The predicted molar refractivity (Wildman–Crippen MR) is 124 cm³/mol. The fraction of sp³-hybridized carbons (Fsp3) is 0.652. The molecule has 0 radical (unpaired) electrons. The third-order valence-corrected chi connectivity index (χ3v) is 5.14. The smallest absolute Gasteiger partial charge is 0.412 e. The van der Waals surface area contributed by atoms with Crippen molar-refractivity contribution in [3.63, 3.8) is 0 Å². The Balaban J connectivity index is 1.70. The van der Waals surface area contributed by atoms with E-state index in [4.69, 9.17) is 4.74 Å². The summed E-state index contributed by atoms with van der Waals surface area (Å²) in [6.45, 7) is 13.1. The van der Waals surface area contributed by atoms with Crippen LogP contribution >= 0.6 is 0 Å². The predicted octanol–water partition coefficient (Wildman–Crippen LogP) is 3.47. The zero-order valence-electron chi connectivity index (χ0n) is 19.3. The molecule has 30 heavy (non-hydrogen) atoms. The van der Waals surface area contributed by atoms with Crippen molar-refractivity contribution >= 4 is 17.7 Å². The van der Waals surface area contributed by atoms with Crippen LogP contribution in [0.2, 0.25) is 0 Å². The molecule has 3 N–H and O–H groups in total. The number of guanidine groups is 1. The molecule has 1 amide bonds. The number of hydrogen-bond donors (Lipinski definition) is 3. The van der Waals surface area contributed by atoms with E-state index in [0.29, 0.717) is 5.92 Å². The fourth-order valence-electron chi connectivity index (χ4n) is 3.57. The van der Waals surface area contributed by atoms with Crippen LogP contribution in [0.3, 0.4) is 0 Å². The van der Waals surface area contributed by atoms with Crippen molar-refractivity contribution in [3.8, 4) is 0 Å². The number of carbonyl (C=O) groups is 1. The molecule has 1 fully saturated rings. The van der Waals surface area contributed by atoms with Crippen LogP contribution in [0.1, 0.15) is 46.1 Å². The Kier molecular flexibility index (Phi) is 9.43. The minimum atomic E-state index is -0.505. The molecule has 0 aromatic heterocycles. The standard InChI is InChI=1S/C23H39N5O2/c1-6-28-15-7-8-19(17-28)16-26-21(24-5)25-14-13-18-9-11-20(12-10-18)27-22(29)30-23(2,3)4/h9-12,19H,6-8,13-17H2,1-5H3,(H,27,29)(H2,24,25,26). The molecule has 1 unspecified atom stereocenters. The molecule has 7 nitrogen and oxygen atoms in total. The summed E-state index contributed by atoms with van der Waals surface area (Å²) in [5, 5.41) is 9.62. The number of ether oxygens (including phenoxy) is 1. The average molecular weight is 418 g/mol. The summed E-state index contributed by atoms with van der Waals surface area (Å²) in [6, 6.07) is 7.83. The maximum atomic E-state index is 11.8. The molecule has 1 saturated heterocycles. The molecule has 1 aliphatic rings. The molecule has 1 heterocycles. The van der Waals surface area contributed by atoms with E-state index < -0.39 is 11.7 Å². The molecule has 1 aromatic carbocycles. The molecule has 0 aliphatic carbocycles. The first-order valence-electron chi connectivity index (χ1n) is 11.0. The molecule has 0 bridgehead atoms. The topological polar surface area (TPSA) is 78.0 Å². The molecule has 2 rings (SSSR count). The summed E-state index contributed by atoms with van der Waals surface area (Å²) in [5.41, 5.74) is 1.42. The van der Waals surface area contributed by atoms with E-state index in [1.54, 1.807) is 0 Å². The van der Waals surface area contributed by atoms with Gasteiger partial charge in [0, 0.05) is 32.4 Å². The second-order valence-corrected chi connectivity index (χ2v) is 8.86. The lowest BCUT2D eigenvalue weighted by Crippen LogP contribution is -2.44. The number of hydrogen-bond acceptors (Lipinski definition) is 4. The number of likely N-dealkylation sites (tertiary alicyclic amines) is 1. The highest BCUT2D eigenvalue weighted by Crippen LogP contribution is 2.15. The van der Waals surface area contributed by atoms with Gasteiger partial charge in [-0.25, -0.2) is 4.79 Å². The van der Waals surface area contributed by atoms with Gasteiger partial charge in [-0.3, -0.25) is 10.3 Å². The lowest BCUT2D eigenvalue weighted by atomic mass is 9.98. The van der Waals surface area contributed by atoms with Crippen LogP contribution in [0, 0.1) is 5.92 Å². The molecule has 0 spiro atoms. The Morgan fingerprint density at radius 1 is 1.23 bits per heavy atom. The summed E-state index contributed by atoms with van der Waals surface area (Å²) < 4.78 is 5.27. The molecule has 1 aliphatic heterocycles. The summed E-state index contributed by atoms with van der Waals surface area (Å²) in [7, 11) is 1.81. The number of aliphatic imine (C=N–C) groups is 1. The van der Waals surface area contributed by atoms with Crippen LogP contribution in [0.15, 0.2) is 29.3 Å². The molecule has 0 saturated carbocycles. The Morgan fingerprint density at radius 2 is 1.97 bits per heavy atom. The summed E-state index contributed by atoms with van der Waals surface area (Å²) >= 11 is 0. The number of nitrogens with one attached hydrogen (secondary N) is 3. The minimum Gasteiger partial charge on any atom is -0.444 e. The monoisotopic (exact) mass is 417 g/mol. The first kappa shape index (κ1) is 24.0. The summed E-state index contributed by atoms with van der Waals surface area (Å²) in [4.78, 5) is 18.7. The Hall–Kier alpha value is -2.28. The van der Waals surface area contributed by atoms with E-state index in [9.17, 15) is 4.79 Å². The van der Waals surface area contributed by atoms with Gasteiger partial charge in [0.15, 0.2) is 5.96 Å². The number of amides is 1. The number of benzene rings is 1. The van der Waals surface area contributed by atoms with Gasteiger partial charge in [-0.05, 0) is 76.7 Å². The highest BCUT2D eigenvalue weighted by atomic mass is 16.6. The molecular formula is C23H39N5O2. The van der Waals surface area contributed by atoms with Gasteiger partial charge in [-0.15, -0.1) is 0 Å². The van der Waals surface area contributed by atoms with Crippen molar-refractivity contribution in [1.82, 2.24) is 15.5 Å². The lowest BCUT2D eigenvalue weighted by Gasteiger charge is -2.32. The van der Waals surface area contributed by atoms with Gasteiger partial charge in [0.1, 0.15) is 5.60 Å². The number of rotatable bonds is 7. The quantitative estimate of drug-likeness (QED) is 0.468. The van der Waals surface area contributed by atoms with E-state index in [-0.39, 0.29) is 0 Å². The Bertz CT molecular complexity index is 682. The zero-order chi connectivity index (χ0) is 22.0. The SMILES string of the molecule is CCN1CCCC(CNC(=NC)NCCc2ccc(NC(=O)OC(C)(C)C)cc2)C1. The van der Waals surface area contributed by atoms with Crippen molar-refractivity contribution in [2.45, 2.75) is 52.6 Å². The number of anilines is 1. The minimum absolute atomic E-state index is 0.438. The van der Waals surface area contributed by atoms with Crippen LogP contribution in [0.4, 0.5) is 10.5 Å². The van der Waals surface area contributed by atoms with E-state index in [1.807, 2.05) is 52.1 Å². The highest BCUT2D eigenvalue weighted by Gasteiger charge is 2.19. The number of nitrogens with zero attached hydrogens (tertiary/aromatic N) is 2. The Morgan fingerprint density at radius 3 is 2.60 bits per heavy atom. The van der Waals surface area contributed by atoms with Crippen molar-refractivity contribution < 1.29 is 9.53 Å². The van der Waals surface area contributed by atoms with E-state index >= 15 is 0 Å². The molecule has 1 aromatic rings. The van der Waals surface area contributed by atoms with Crippen molar-refractivity contribution in [2.75, 3.05) is 45.1 Å². The summed E-state index contributed by atoms with van der Waals surface area (Å²) in [6.07, 6.45) is 3.00. The molecule has 168 valence electrons. The molecule has 7 heteroatoms. The second kappa shape index (κ2) is 11.8. The van der Waals surface area contributed by atoms with Gasteiger partial charge in [-0.1, -0.05) is 19.1 Å². The van der Waals surface area contributed by atoms with Crippen molar-refractivity contribution in [3.05, 3.63) is 29.8 Å². The summed E-state index contributed by atoms with van der Waals surface area (Å²) in [5.74, 6) is 1.54. The highest BCUT2D eigenvalue weighted by molar-refractivity contribution is 5.84. The largest absolute Gasteiger partial charge is 0.444 e. The number of piperidine rings is 1.